The normalized spacial score (nSPS) is 15.7. The molecule has 1 amide bonds. The predicted molar refractivity (Wildman–Crippen MR) is 25.6 cm³/mol. The number of ether oxygens (including phenoxy) is 1. The second-order valence-corrected chi connectivity index (χ2v) is 0.886. The molecule has 0 aromatic carbocycles. The molecule has 0 spiro atoms. The first-order valence-electron chi connectivity index (χ1n) is 1.50. The van der Waals surface area contributed by atoms with Gasteiger partial charge in [0.25, 0.3) is 0 Å². The van der Waals surface area contributed by atoms with Crippen molar-refractivity contribution < 1.29 is 9.53 Å². The Balaban J connectivity index is 0.000000360. The number of aliphatic imine (C=N–C) groups is 1. The fraction of sp³-hybridized carbons (Fsp3) is 0.333. The highest BCUT2D eigenvalue weighted by atomic mass is 35.5. The van der Waals surface area contributed by atoms with Crippen molar-refractivity contribution in [2.24, 2.45) is 4.99 Å². The molecule has 3 nitrogen and oxygen atoms in total. The molecule has 1 aliphatic heterocycles. The van der Waals surface area contributed by atoms with Gasteiger partial charge >= 0.3 is 0 Å². The number of carbonyl (C=O) groups is 1. The van der Waals surface area contributed by atoms with E-state index in [1.165, 1.54) is 0 Å². The van der Waals surface area contributed by atoms with Gasteiger partial charge < -0.3 is 14.5 Å². The van der Waals surface area contributed by atoms with Crippen molar-refractivity contribution in [2.75, 3.05) is 6.61 Å². The summed E-state index contributed by atoms with van der Waals surface area (Å²) >= 11 is 0. The van der Waals surface area contributed by atoms with Gasteiger partial charge in [0.1, 0.15) is 5.91 Å². The lowest BCUT2D eigenvalue weighted by atomic mass is 10.7. The van der Waals surface area contributed by atoms with Crippen LogP contribution in [0.25, 0.3) is 0 Å². The third-order valence-corrected chi connectivity index (χ3v) is 0.431. The minimum Gasteiger partial charge on any atom is -0.581 e. The lowest BCUT2D eigenvalue weighted by Crippen LogP contribution is -1.92. The Hall–Kier alpha value is -0.570. The molecule has 0 radical (unpaired) electrons. The molecule has 4 heteroatoms. The minimum absolute atomic E-state index is 0. The van der Waals surface area contributed by atoms with Crippen LogP contribution in [0.1, 0.15) is 0 Å². The number of hydrogen-bond acceptors (Lipinski definition) is 2. The highest BCUT2D eigenvalue weighted by Crippen LogP contribution is 1.83. The average Bonchev–Trinajstić information content (AvgIpc) is 1.86. The molecule has 0 fully saturated rings. The first-order valence-corrected chi connectivity index (χ1v) is 1.50. The van der Waals surface area contributed by atoms with Crippen LogP contribution in [0, 0.1) is 0 Å². The van der Waals surface area contributed by atoms with Crippen LogP contribution < -0.4 is 0 Å². The minimum atomic E-state index is -0.255. The van der Waals surface area contributed by atoms with Gasteiger partial charge in [-0.3, -0.25) is 0 Å². The Morgan fingerprint density at radius 1 is 1.86 bits per heavy atom. The Kier molecular flexibility index (Phi) is 2.37. The molecule has 40 valence electrons. The molecule has 0 bridgehead atoms. The second kappa shape index (κ2) is 2.58. The molecule has 1 rings (SSSR count). The summed E-state index contributed by atoms with van der Waals surface area (Å²) < 4.78 is 4.29. The average molecular weight is 121 g/mol. The maximum atomic E-state index is 9.89. The molecule has 7 heavy (non-hydrogen) atoms. The molecule has 1 heterocycles. The number of carbonyl (C=O) groups excluding carboxylic acids is 1. The molecule has 0 aromatic heterocycles. The van der Waals surface area contributed by atoms with E-state index in [1.807, 2.05) is 6.40 Å². The number of amides is 1. The van der Waals surface area contributed by atoms with Gasteiger partial charge in [0.2, 0.25) is 0 Å². The maximum absolute atomic E-state index is 9.89. The van der Waals surface area contributed by atoms with E-state index in [-0.39, 0.29) is 24.9 Å². The third-order valence-electron chi connectivity index (χ3n) is 0.431. The van der Waals surface area contributed by atoms with Crippen molar-refractivity contribution in [1.82, 2.24) is 0 Å². The van der Waals surface area contributed by atoms with Gasteiger partial charge in [0, 0.05) is 6.40 Å². The number of hydrogen-bond donors (Lipinski definition) is 0. The Labute approximate surface area is 46.8 Å². The largest absolute Gasteiger partial charge is 0.581 e. The Morgan fingerprint density at radius 3 is 2.71 bits per heavy atom. The second-order valence-electron chi connectivity index (χ2n) is 0.886. The molecule has 0 saturated heterocycles. The topological polar surface area (TPSA) is 38.7 Å². The zero-order valence-electron chi connectivity index (χ0n) is 3.38. The molecule has 0 N–H and O–H groups in total. The SMILES string of the molecule is Cl.O=C1CO[C-]=N1. The number of nitrogens with zero attached hydrogens (tertiary/aromatic N) is 1. The summed E-state index contributed by atoms with van der Waals surface area (Å²) in [7, 11) is 0. The van der Waals surface area contributed by atoms with Crippen LogP contribution in [-0.4, -0.2) is 18.9 Å². The summed E-state index contributed by atoms with van der Waals surface area (Å²) in [6, 6.07) is 0. The zero-order chi connectivity index (χ0) is 4.41. The summed E-state index contributed by atoms with van der Waals surface area (Å²) in [6.07, 6.45) is 2.05. The van der Waals surface area contributed by atoms with Crippen LogP contribution in [0.2, 0.25) is 0 Å². The van der Waals surface area contributed by atoms with Crippen LogP contribution >= 0.6 is 12.4 Å². The van der Waals surface area contributed by atoms with Gasteiger partial charge in [-0.15, -0.1) is 12.4 Å². The third kappa shape index (κ3) is 1.55. The van der Waals surface area contributed by atoms with E-state index < -0.39 is 0 Å². The van der Waals surface area contributed by atoms with Gasteiger partial charge in [-0.25, -0.2) is 0 Å². The summed E-state index contributed by atoms with van der Waals surface area (Å²) in [5, 5.41) is 0. The van der Waals surface area contributed by atoms with Crippen molar-refractivity contribution >= 4 is 24.7 Å². The predicted octanol–water partition coefficient (Wildman–Crippen LogP) is -0.130. The van der Waals surface area contributed by atoms with Gasteiger partial charge in [0.05, 0.1) is 6.61 Å². The number of rotatable bonds is 0. The fourth-order valence-corrected chi connectivity index (χ4v) is 0.209. The van der Waals surface area contributed by atoms with Crippen LogP contribution in [0.3, 0.4) is 0 Å². The van der Waals surface area contributed by atoms with E-state index >= 15 is 0 Å². The van der Waals surface area contributed by atoms with Gasteiger partial charge in [-0.1, -0.05) is 0 Å². The van der Waals surface area contributed by atoms with E-state index in [1.54, 1.807) is 0 Å². The summed E-state index contributed by atoms with van der Waals surface area (Å²) in [4.78, 5) is 13.0. The summed E-state index contributed by atoms with van der Waals surface area (Å²) in [5.41, 5.74) is 0. The van der Waals surface area contributed by atoms with E-state index in [2.05, 4.69) is 9.73 Å². The van der Waals surface area contributed by atoms with E-state index in [0.29, 0.717) is 0 Å². The molecule has 0 unspecified atom stereocenters. The van der Waals surface area contributed by atoms with Gasteiger partial charge in [-0.05, 0) is 0 Å². The van der Waals surface area contributed by atoms with Crippen LogP contribution in [0.5, 0.6) is 0 Å². The van der Waals surface area contributed by atoms with Crippen molar-refractivity contribution in [1.29, 1.82) is 0 Å². The fourth-order valence-electron chi connectivity index (χ4n) is 0.209. The Bertz CT molecular complexity index is 101. The maximum Gasteiger partial charge on any atom is 0.124 e. The monoisotopic (exact) mass is 120 g/mol. The molecular formula is C3H3ClNO2-. The van der Waals surface area contributed by atoms with E-state index in [0.717, 1.165) is 0 Å². The smallest absolute Gasteiger partial charge is 0.124 e. The first-order chi connectivity index (χ1) is 2.89. The van der Waals surface area contributed by atoms with Crippen LogP contribution in [0.4, 0.5) is 0 Å². The standard InChI is InChI=1S/C3H2NO2.ClH/c5-3-1-6-2-4-3;/h1H2;1H/q-1;. The summed E-state index contributed by atoms with van der Waals surface area (Å²) in [6.45, 7) is 0.0694. The molecule has 0 aromatic rings. The molecule has 0 aliphatic carbocycles. The van der Waals surface area contributed by atoms with Gasteiger partial charge in [0.15, 0.2) is 0 Å². The highest BCUT2D eigenvalue weighted by molar-refractivity contribution is 5.88. The molecule has 0 atom stereocenters. The van der Waals surface area contributed by atoms with Crippen molar-refractivity contribution in [3.05, 3.63) is 0 Å². The Morgan fingerprint density at radius 2 is 2.57 bits per heavy atom. The lowest BCUT2D eigenvalue weighted by Gasteiger charge is -1.87. The van der Waals surface area contributed by atoms with E-state index in [4.69, 9.17) is 0 Å². The first kappa shape index (κ1) is 6.43. The van der Waals surface area contributed by atoms with Crippen molar-refractivity contribution in [3.8, 4) is 0 Å². The number of halogens is 1. The zero-order valence-corrected chi connectivity index (χ0v) is 4.20. The molecule has 0 saturated carbocycles. The van der Waals surface area contributed by atoms with Gasteiger partial charge in [-0.2, -0.15) is 0 Å². The van der Waals surface area contributed by atoms with Crippen molar-refractivity contribution in [3.63, 3.8) is 0 Å². The quantitative estimate of drug-likeness (QED) is 0.418. The van der Waals surface area contributed by atoms with Crippen LogP contribution in [-0.2, 0) is 9.53 Å². The molecular weight excluding hydrogens is 117 g/mol. The molecule has 1 aliphatic rings. The van der Waals surface area contributed by atoms with Crippen LogP contribution in [0.15, 0.2) is 4.99 Å². The summed E-state index contributed by atoms with van der Waals surface area (Å²) in [5.74, 6) is -0.255. The van der Waals surface area contributed by atoms with Crippen molar-refractivity contribution in [2.45, 2.75) is 0 Å². The highest BCUT2D eigenvalue weighted by Gasteiger charge is 1.87. The lowest BCUT2D eigenvalue weighted by molar-refractivity contribution is -0.118. The van der Waals surface area contributed by atoms with E-state index in [9.17, 15) is 4.79 Å².